The molecule has 1 heterocycles. The number of hydrogen-bond acceptors (Lipinski definition) is 3. The second kappa shape index (κ2) is 6.09. The zero-order chi connectivity index (χ0) is 13.0. The second-order valence-electron chi connectivity index (χ2n) is 4.20. The van der Waals surface area contributed by atoms with Crippen LogP contribution in [0.3, 0.4) is 0 Å². The summed E-state index contributed by atoms with van der Waals surface area (Å²) < 4.78 is 13.2. The summed E-state index contributed by atoms with van der Waals surface area (Å²) in [6.45, 7) is 2.49. The van der Waals surface area contributed by atoms with Crippen molar-refractivity contribution in [1.82, 2.24) is 5.32 Å². The molecule has 96 valence electrons. The molecule has 0 fully saturated rings. The van der Waals surface area contributed by atoms with E-state index in [1.165, 1.54) is 10.9 Å². The molecule has 2 rings (SSSR count). The monoisotopic (exact) mass is 265 g/mol. The number of benzene rings is 1. The Morgan fingerprint density at radius 3 is 2.89 bits per heavy atom. The Bertz CT molecular complexity index is 499. The molecule has 0 bridgehead atoms. The molecule has 0 spiro atoms. The lowest BCUT2D eigenvalue weighted by atomic mass is 10.1. The van der Waals surface area contributed by atoms with Gasteiger partial charge in [0, 0.05) is 23.0 Å². The second-order valence-corrected chi connectivity index (χ2v) is 5.18. The number of halogens is 1. The van der Waals surface area contributed by atoms with Gasteiger partial charge in [-0.15, -0.1) is 11.3 Å². The van der Waals surface area contributed by atoms with Crippen LogP contribution in [0.1, 0.15) is 29.0 Å². The molecule has 0 saturated heterocycles. The number of thiophene rings is 1. The van der Waals surface area contributed by atoms with Gasteiger partial charge in [0.1, 0.15) is 5.82 Å². The van der Waals surface area contributed by atoms with E-state index in [0.717, 1.165) is 5.56 Å². The quantitative estimate of drug-likeness (QED) is 0.870. The summed E-state index contributed by atoms with van der Waals surface area (Å²) >= 11 is 1.71. The maximum atomic E-state index is 13.2. The SMILES string of the molecule is CC(NCc1ccc(F)c(CO)c1)c1cccs1. The van der Waals surface area contributed by atoms with Gasteiger partial charge in [-0.05, 0) is 36.1 Å². The highest BCUT2D eigenvalue weighted by atomic mass is 32.1. The molecular formula is C14H16FNOS. The highest BCUT2D eigenvalue weighted by Gasteiger charge is 2.07. The lowest BCUT2D eigenvalue weighted by Crippen LogP contribution is -2.17. The zero-order valence-corrected chi connectivity index (χ0v) is 11.0. The maximum Gasteiger partial charge on any atom is 0.128 e. The summed E-state index contributed by atoms with van der Waals surface area (Å²) in [7, 11) is 0. The Morgan fingerprint density at radius 1 is 1.39 bits per heavy atom. The van der Waals surface area contributed by atoms with E-state index in [1.807, 2.05) is 6.07 Å². The van der Waals surface area contributed by atoms with Gasteiger partial charge in [-0.25, -0.2) is 4.39 Å². The van der Waals surface area contributed by atoms with Gasteiger partial charge in [0.25, 0.3) is 0 Å². The van der Waals surface area contributed by atoms with Crippen molar-refractivity contribution in [3.63, 3.8) is 0 Å². The third kappa shape index (κ3) is 3.16. The normalized spacial score (nSPS) is 12.6. The molecule has 2 aromatic rings. The number of nitrogens with one attached hydrogen (secondary N) is 1. The average Bonchev–Trinajstić information content (AvgIpc) is 2.91. The van der Waals surface area contributed by atoms with Crippen LogP contribution in [0.4, 0.5) is 4.39 Å². The Labute approximate surface area is 110 Å². The van der Waals surface area contributed by atoms with Gasteiger partial charge in [0.2, 0.25) is 0 Å². The van der Waals surface area contributed by atoms with Gasteiger partial charge in [-0.1, -0.05) is 12.1 Å². The predicted octanol–water partition coefficient (Wildman–Crippen LogP) is 3.23. The lowest BCUT2D eigenvalue weighted by molar-refractivity contribution is 0.275. The predicted molar refractivity (Wildman–Crippen MR) is 71.9 cm³/mol. The van der Waals surface area contributed by atoms with Crippen molar-refractivity contribution in [3.8, 4) is 0 Å². The van der Waals surface area contributed by atoms with E-state index < -0.39 is 0 Å². The van der Waals surface area contributed by atoms with Crippen molar-refractivity contribution >= 4 is 11.3 Å². The summed E-state index contributed by atoms with van der Waals surface area (Å²) in [5.41, 5.74) is 1.32. The minimum atomic E-state index is -0.354. The van der Waals surface area contributed by atoms with Gasteiger partial charge < -0.3 is 10.4 Å². The first kappa shape index (κ1) is 13.2. The molecule has 0 radical (unpaired) electrons. The maximum absolute atomic E-state index is 13.2. The molecule has 4 heteroatoms. The van der Waals surface area contributed by atoms with Gasteiger partial charge in [0.15, 0.2) is 0 Å². The molecule has 1 unspecified atom stereocenters. The van der Waals surface area contributed by atoms with Crippen molar-refractivity contribution in [2.75, 3.05) is 0 Å². The topological polar surface area (TPSA) is 32.3 Å². The summed E-state index contributed by atoms with van der Waals surface area (Å²) in [4.78, 5) is 1.28. The molecule has 2 N–H and O–H groups in total. The highest BCUT2D eigenvalue weighted by Crippen LogP contribution is 2.19. The summed E-state index contributed by atoms with van der Waals surface area (Å²) in [6.07, 6.45) is 0. The van der Waals surface area contributed by atoms with Crippen LogP contribution < -0.4 is 5.32 Å². The van der Waals surface area contributed by atoms with E-state index in [2.05, 4.69) is 23.7 Å². The molecule has 2 nitrogen and oxygen atoms in total. The van der Waals surface area contributed by atoms with Crippen molar-refractivity contribution in [1.29, 1.82) is 0 Å². The minimum Gasteiger partial charge on any atom is -0.392 e. The Kier molecular flexibility index (Phi) is 4.47. The van der Waals surface area contributed by atoms with E-state index in [0.29, 0.717) is 12.1 Å². The molecule has 0 amide bonds. The van der Waals surface area contributed by atoms with E-state index in [4.69, 9.17) is 5.11 Å². The van der Waals surface area contributed by atoms with E-state index in [1.54, 1.807) is 23.5 Å². The van der Waals surface area contributed by atoms with Crippen LogP contribution in [-0.2, 0) is 13.2 Å². The lowest BCUT2D eigenvalue weighted by Gasteiger charge is -2.12. The summed E-state index contributed by atoms with van der Waals surface area (Å²) in [6, 6.07) is 9.23. The van der Waals surface area contributed by atoms with Crippen LogP contribution in [-0.4, -0.2) is 5.11 Å². The number of rotatable bonds is 5. The summed E-state index contributed by atoms with van der Waals surface area (Å²) in [5, 5.41) is 14.4. The number of aliphatic hydroxyl groups excluding tert-OH is 1. The molecular weight excluding hydrogens is 249 g/mol. The first-order valence-corrected chi connectivity index (χ1v) is 6.73. The van der Waals surface area contributed by atoms with Crippen LogP contribution in [0.2, 0.25) is 0 Å². The third-order valence-corrected chi connectivity index (χ3v) is 3.92. The molecule has 1 aromatic heterocycles. The third-order valence-electron chi connectivity index (χ3n) is 2.86. The molecule has 1 atom stereocenters. The fourth-order valence-electron chi connectivity index (χ4n) is 1.77. The molecule has 18 heavy (non-hydrogen) atoms. The van der Waals surface area contributed by atoms with Crippen LogP contribution in [0.25, 0.3) is 0 Å². The zero-order valence-electron chi connectivity index (χ0n) is 10.2. The van der Waals surface area contributed by atoms with E-state index in [-0.39, 0.29) is 18.5 Å². The fraction of sp³-hybridized carbons (Fsp3) is 0.286. The van der Waals surface area contributed by atoms with Crippen LogP contribution in [0.15, 0.2) is 35.7 Å². The van der Waals surface area contributed by atoms with Crippen molar-refractivity contribution < 1.29 is 9.50 Å². The minimum absolute atomic E-state index is 0.264. The number of hydrogen-bond donors (Lipinski definition) is 2. The van der Waals surface area contributed by atoms with Crippen molar-refractivity contribution in [3.05, 3.63) is 57.5 Å². The smallest absolute Gasteiger partial charge is 0.128 e. The van der Waals surface area contributed by atoms with Crippen LogP contribution in [0, 0.1) is 5.82 Å². The van der Waals surface area contributed by atoms with Crippen molar-refractivity contribution in [2.24, 2.45) is 0 Å². The highest BCUT2D eigenvalue weighted by molar-refractivity contribution is 7.10. The largest absolute Gasteiger partial charge is 0.392 e. The molecule has 0 saturated carbocycles. The van der Waals surface area contributed by atoms with Crippen molar-refractivity contribution in [2.45, 2.75) is 26.1 Å². The molecule has 0 aliphatic rings. The fourth-order valence-corrected chi connectivity index (χ4v) is 2.53. The first-order chi connectivity index (χ1) is 8.70. The van der Waals surface area contributed by atoms with E-state index >= 15 is 0 Å². The van der Waals surface area contributed by atoms with Gasteiger partial charge in [0.05, 0.1) is 6.61 Å². The van der Waals surface area contributed by atoms with Gasteiger partial charge in [-0.2, -0.15) is 0 Å². The molecule has 0 aliphatic carbocycles. The Morgan fingerprint density at radius 2 is 2.22 bits per heavy atom. The number of aliphatic hydroxyl groups is 1. The molecule has 0 aliphatic heterocycles. The van der Waals surface area contributed by atoms with Gasteiger partial charge in [-0.3, -0.25) is 0 Å². The molecule has 1 aromatic carbocycles. The first-order valence-electron chi connectivity index (χ1n) is 5.85. The van der Waals surface area contributed by atoms with Crippen LogP contribution in [0.5, 0.6) is 0 Å². The Hall–Kier alpha value is -1.23. The van der Waals surface area contributed by atoms with Crippen LogP contribution >= 0.6 is 11.3 Å². The standard InChI is InChI=1S/C14H16FNOS/c1-10(14-3-2-6-18-14)16-8-11-4-5-13(15)12(7-11)9-17/h2-7,10,16-17H,8-9H2,1H3. The van der Waals surface area contributed by atoms with E-state index in [9.17, 15) is 4.39 Å². The Balaban J connectivity index is 1.98. The summed E-state index contributed by atoms with van der Waals surface area (Å²) in [5.74, 6) is -0.354. The van der Waals surface area contributed by atoms with Gasteiger partial charge >= 0.3 is 0 Å². The average molecular weight is 265 g/mol.